The van der Waals surface area contributed by atoms with E-state index in [1.807, 2.05) is 19.1 Å². The molecule has 4 heteroatoms. The molecule has 0 amide bonds. The zero-order valence-corrected chi connectivity index (χ0v) is 9.96. The van der Waals surface area contributed by atoms with Crippen LogP contribution in [0.3, 0.4) is 0 Å². The molecule has 0 saturated carbocycles. The van der Waals surface area contributed by atoms with E-state index in [4.69, 9.17) is 5.11 Å². The highest BCUT2D eigenvalue weighted by Gasteiger charge is 2.14. The molecule has 0 bridgehead atoms. The molecule has 0 unspecified atom stereocenters. The summed E-state index contributed by atoms with van der Waals surface area (Å²) in [5.74, 6) is -1.13. The normalized spacial score (nSPS) is 10.3. The van der Waals surface area contributed by atoms with Gasteiger partial charge in [-0.15, -0.1) is 0 Å². The van der Waals surface area contributed by atoms with Gasteiger partial charge in [-0.05, 0) is 19.1 Å². The Hall–Kier alpha value is -2.36. The molecule has 0 atom stereocenters. The Morgan fingerprint density at radius 3 is 2.44 bits per heavy atom. The monoisotopic (exact) mass is 243 g/mol. The van der Waals surface area contributed by atoms with Crippen molar-refractivity contribution in [2.45, 2.75) is 13.5 Å². The summed E-state index contributed by atoms with van der Waals surface area (Å²) < 4.78 is 1.44. The largest absolute Gasteiger partial charge is 0.480 e. The Bertz CT molecular complexity index is 581. The molecule has 0 fully saturated rings. The number of hydrogen-bond acceptors (Lipinski definition) is 2. The minimum Gasteiger partial charge on any atom is -0.480 e. The van der Waals surface area contributed by atoms with Gasteiger partial charge in [0.2, 0.25) is 5.78 Å². The van der Waals surface area contributed by atoms with Crippen molar-refractivity contribution in [1.29, 1.82) is 0 Å². The van der Waals surface area contributed by atoms with Gasteiger partial charge in [0.25, 0.3) is 0 Å². The van der Waals surface area contributed by atoms with Crippen LogP contribution in [-0.2, 0) is 11.3 Å². The SMILES string of the molecule is Cc1ccc(C(=O)c2cccn2CC(=O)O)cc1. The third kappa shape index (κ3) is 2.48. The summed E-state index contributed by atoms with van der Waals surface area (Å²) in [5.41, 5.74) is 2.03. The van der Waals surface area contributed by atoms with E-state index in [1.165, 1.54) is 4.57 Å². The van der Waals surface area contributed by atoms with E-state index in [1.54, 1.807) is 30.5 Å². The highest BCUT2D eigenvalue weighted by Crippen LogP contribution is 2.12. The number of carbonyl (C=O) groups is 2. The first-order valence-corrected chi connectivity index (χ1v) is 5.56. The van der Waals surface area contributed by atoms with Gasteiger partial charge in [-0.25, -0.2) is 0 Å². The van der Waals surface area contributed by atoms with Crippen molar-refractivity contribution in [1.82, 2.24) is 4.57 Å². The van der Waals surface area contributed by atoms with Crippen molar-refractivity contribution in [2.75, 3.05) is 0 Å². The zero-order chi connectivity index (χ0) is 13.1. The molecule has 92 valence electrons. The highest BCUT2D eigenvalue weighted by molar-refractivity contribution is 6.08. The minimum absolute atomic E-state index is 0.166. The number of carboxylic acid groups (broad SMARTS) is 1. The number of ketones is 1. The van der Waals surface area contributed by atoms with Crippen LogP contribution >= 0.6 is 0 Å². The summed E-state index contributed by atoms with van der Waals surface area (Å²) in [6.45, 7) is 1.74. The van der Waals surface area contributed by atoms with Gasteiger partial charge >= 0.3 is 5.97 Å². The molecular weight excluding hydrogens is 230 g/mol. The van der Waals surface area contributed by atoms with Crippen LogP contribution in [0.25, 0.3) is 0 Å². The Balaban J connectivity index is 2.31. The summed E-state index contributed by atoms with van der Waals surface area (Å²) in [6, 6.07) is 10.5. The van der Waals surface area contributed by atoms with E-state index >= 15 is 0 Å². The number of hydrogen-bond donors (Lipinski definition) is 1. The number of aromatic nitrogens is 1. The van der Waals surface area contributed by atoms with Gasteiger partial charge in [0.05, 0.1) is 5.69 Å². The molecule has 2 rings (SSSR count). The Labute approximate surface area is 104 Å². The number of carboxylic acids is 1. The lowest BCUT2D eigenvalue weighted by molar-refractivity contribution is -0.137. The van der Waals surface area contributed by atoms with Crippen LogP contribution in [0.15, 0.2) is 42.6 Å². The summed E-state index contributed by atoms with van der Waals surface area (Å²) in [4.78, 5) is 22.9. The van der Waals surface area contributed by atoms with Crippen molar-refractivity contribution in [3.8, 4) is 0 Å². The van der Waals surface area contributed by atoms with Crippen molar-refractivity contribution in [3.63, 3.8) is 0 Å². The van der Waals surface area contributed by atoms with E-state index < -0.39 is 5.97 Å². The lowest BCUT2D eigenvalue weighted by Crippen LogP contribution is -2.14. The molecule has 1 aromatic carbocycles. The molecule has 1 aromatic heterocycles. The third-order valence-corrected chi connectivity index (χ3v) is 2.68. The van der Waals surface area contributed by atoms with Crippen LogP contribution in [-0.4, -0.2) is 21.4 Å². The van der Waals surface area contributed by atoms with Gasteiger partial charge in [0.1, 0.15) is 6.54 Å². The number of carbonyl (C=O) groups excluding carboxylic acids is 1. The van der Waals surface area contributed by atoms with Gasteiger partial charge in [-0.3, -0.25) is 9.59 Å². The van der Waals surface area contributed by atoms with Gasteiger partial charge < -0.3 is 9.67 Å². The molecule has 18 heavy (non-hydrogen) atoms. The van der Waals surface area contributed by atoms with E-state index in [2.05, 4.69) is 0 Å². The zero-order valence-electron chi connectivity index (χ0n) is 9.96. The minimum atomic E-state index is -0.968. The summed E-state index contributed by atoms with van der Waals surface area (Å²) in [7, 11) is 0. The molecule has 4 nitrogen and oxygen atoms in total. The molecule has 2 aromatic rings. The first-order chi connectivity index (χ1) is 8.58. The van der Waals surface area contributed by atoms with Crippen molar-refractivity contribution < 1.29 is 14.7 Å². The average molecular weight is 243 g/mol. The second-order valence-corrected chi connectivity index (χ2v) is 4.11. The second kappa shape index (κ2) is 4.87. The maximum absolute atomic E-state index is 12.2. The van der Waals surface area contributed by atoms with Gasteiger partial charge in [0, 0.05) is 11.8 Å². The molecule has 0 aliphatic rings. The molecule has 0 saturated heterocycles. The van der Waals surface area contributed by atoms with Crippen molar-refractivity contribution in [3.05, 3.63) is 59.4 Å². The number of nitrogens with zero attached hydrogens (tertiary/aromatic N) is 1. The quantitative estimate of drug-likeness (QED) is 0.837. The molecule has 0 aliphatic carbocycles. The average Bonchev–Trinajstić information content (AvgIpc) is 2.76. The van der Waals surface area contributed by atoms with E-state index in [0.29, 0.717) is 11.3 Å². The summed E-state index contributed by atoms with van der Waals surface area (Å²) in [5, 5.41) is 8.77. The molecule has 0 radical (unpaired) electrons. The number of aliphatic carboxylic acids is 1. The fraction of sp³-hybridized carbons (Fsp3) is 0.143. The van der Waals surface area contributed by atoms with E-state index in [0.717, 1.165) is 5.56 Å². The molecule has 1 heterocycles. The third-order valence-electron chi connectivity index (χ3n) is 2.68. The van der Waals surface area contributed by atoms with Crippen LogP contribution in [0, 0.1) is 6.92 Å². The predicted octanol–water partition coefficient (Wildman–Crippen LogP) is 2.11. The molecule has 0 spiro atoms. The van der Waals surface area contributed by atoms with Crippen LogP contribution in [0.4, 0.5) is 0 Å². The Morgan fingerprint density at radius 2 is 1.83 bits per heavy atom. The fourth-order valence-electron chi connectivity index (χ4n) is 1.76. The van der Waals surface area contributed by atoms with Crippen molar-refractivity contribution >= 4 is 11.8 Å². The van der Waals surface area contributed by atoms with Crippen LogP contribution in [0.5, 0.6) is 0 Å². The molecular formula is C14H13NO3. The maximum Gasteiger partial charge on any atom is 0.323 e. The lowest BCUT2D eigenvalue weighted by atomic mass is 10.1. The molecule has 0 aliphatic heterocycles. The fourth-order valence-corrected chi connectivity index (χ4v) is 1.76. The number of benzene rings is 1. The van der Waals surface area contributed by atoms with Crippen LogP contribution in [0.1, 0.15) is 21.6 Å². The molecule has 1 N–H and O–H groups in total. The van der Waals surface area contributed by atoms with Crippen LogP contribution in [0.2, 0.25) is 0 Å². The van der Waals surface area contributed by atoms with E-state index in [9.17, 15) is 9.59 Å². The first kappa shape index (κ1) is 12.1. The highest BCUT2D eigenvalue weighted by atomic mass is 16.4. The lowest BCUT2D eigenvalue weighted by Gasteiger charge is -2.06. The summed E-state index contributed by atoms with van der Waals surface area (Å²) in [6.07, 6.45) is 1.59. The van der Waals surface area contributed by atoms with E-state index in [-0.39, 0.29) is 12.3 Å². The predicted molar refractivity (Wildman–Crippen MR) is 66.7 cm³/mol. The van der Waals surface area contributed by atoms with Crippen molar-refractivity contribution in [2.24, 2.45) is 0 Å². The van der Waals surface area contributed by atoms with Gasteiger partial charge in [-0.1, -0.05) is 29.8 Å². The number of aryl methyl sites for hydroxylation is 1. The topological polar surface area (TPSA) is 59.3 Å². The van der Waals surface area contributed by atoms with Gasteiger partial charge in [-0.2, -0.15) is 0 Å². The van der Waals surface area contributed by atoms with Crippen LogP contribution < -0.4 is 0 Å². The standard InChI is InChI=1S/C14H13NO3/c1-10-4-6-11(7-5-10)14(18)12-3-2-8-15(12)9-13(16)17/h2-8H,9H2,1H3,(H,16,17). The Kier molecular flexibility index (Phi) is 3.28. The first-order valence-electron chi connectivity index (χ1n) is 5.56. The smallest absolute Gasteiger partial charge is 0.323 e. The second-order valence-electron chi connectivity index (χ2n) is 4.11. The van der Waals surface area contributed by atoms with Gasteiger partial charge in [0.15, 0.2) is 0 Å². The number of rotatable bonds is 4. The maximum atomic E-state index is 12.2. The Morgan fingerprint density at radius 1 is 1.17 bits per heavy atom. The summed E-state index contributed by atoms with van der Waals surface area (Å²) >= 11 is 0.